The SMILES string of the molecule is CCOc1ccc(N2C(=O)NC(=O)/C(=C\c3cc(Br)c(OCC(=O)Nc4cccc(C)c4C)c(Br)c3)C2=O)cc1. The van der Waals surface area contributed by atoms with Crippen molar-refractivity contribution in [3.8, 4) is 11.5 Å². The molecule has 1 aliphatic rings. The number of nitrogens with zero attached hydrogens (tertiary/aromatic N) is 1. The third kappa shape index (κ3) is 6.43. The number of barbiturate groups is 1. The van der Waals surface area contributed by atoms with Gasteiger partial charge in [-0.15, -0.1) is 0 Å². The van der Waals surface area contributed by atoms with Crippen LogP contribution in [0.15, 0.2) is 69.1 Å². The lowest BCUT2D eigenvalue weighted by molar-refractivity contribution is -0.122. The molecule has 0 unspecified atom stereocenters. The number of carbonyl (C=O) groups excluding carboxylic acids is 4. The number of halogens is 2. The number of benzene rings is 3. The second kappa shape index (κ2) is 12.5. The molecule has 206 valence electrons. The molecule has 0 radical (unpaired) electrons. The number of amides is 5. The number of rotatable bonds is 8. The Kier molecular flexibility index (Phi) is 9.06. The van der Waals surface area contributed by atoms with E-state index in [9.17, 15) is 19.2 Å². The van der Waals surface area contributed by atoms with Crippen molar-refractivity contribution < 1.29 is 28.7 Å². The highest BCUT2D eigenvalue weighted by Gasteiger charge is 2.36. The zero-order valence-corrected chi connectivity index (χ0v) is 25.0. The minimum atomic E-state index is -0.846. The van der Waals surface area contributed by atoms with Gasteiger partial charge in [0.05, 0.1) is 21.2 Å². The summed E-state index contributed by atoms with van der Waals surface area (Å²) in [6, 6.07) is 14.5. The van der Waals surface area contributed by atoms with E-state index in [0.29, 0.717) is 38.3 Å². The van der Waals surface area contributed by atoms with Crippen molar-refractivity contribution in [2.45, 2.75) is 20.8 Å². The molecule has 1 aliphatic heterocycles. The number of urea groups is 1. The van der Waals surface area contributed by atoms with Gasteiger partial charge in [0.15, 0.2) is 6.61 Å². The van der Waals surface area contributed by atoms with Crippen LogP contribution in [0.2, 0.25) is 0 Å². The Labute approximate surface area is 247 Å². The summed E-state index contributed by atoms with van der Waals surface area (Å²) >= 11 is 6.86. The largest absolute Gasteiger partial charge is 0.494 e. The van der Waals surface area contributed by atoms with Crippen molar-refractivity contribution in [2.75, 3.05) is 23.4 Å². The summed E-state index contributed by atoms with van der Waals surface area (Å²) in [7, 11) is 0. The van der Waals surface area contributed by atoms with E-state index in [-0.39, 0.29) is 23.8 Å². The van der Waals surface area contributed by atoms with E-state index in [1.54, 1.807) is 36.4 Å². The molecule has 0 aliphatic carbocycles. The third-order valence-corrected chi connectivity index (χ3v) is 7.24. The molecule has 2 N–H and O–H groups in total. The number of imide groups is 2. The number of ether oxygens (including phenoxy) is 2. The number of nitrogens with one attached hydrogen (secondary N) is 2. The van der Waals surface area contributed by atoms with Gasteiger partial charge in [0.2, 0.25) is 0 Å². The topological polar surface area (TPSA) is 114 Å². The molecule has 4 rings (SSSR count). The minimum Gasteiger partial charge on any atom is -0.494 e. The number of aryl methyl sites for hydroxylation is 1. The summed E-state index contributed by atoms with van der Waals surface area (Å²) in [4.78, 5) is 51.7. The van der Waals surface area contributed by atoms with Crippen LogP contribution in [-0.2, 0) is 14.4 Å². The van der Waals surface area contributed by atoms with Gasteiger partial charge in [0.1, 0.15) is 17.1 Å². The molecule has 0 aromatic heterocycles. The summed E-state index contributed by atoms with van der Waals surface area (Å²) in [5, 5.41) is 5.04. The molecular weight excluding hydrogens is 646 g/mol. The molecule has 1 saturated heterocycles. The van der Waals surface area contributed by atoms with Gasteiger partial charge in [0, 0.05) is 5.69 Å². The zero-order valence-electron chi connectivity index (χ0n) is 21.8. The van der Waals surface area contributed by atoms with Gasteiger partial charge in [-0.2, -0.15) is 0 Å². The molecule has 3 aromatic rings. The van der Waals surface area contributed by atoms with Crippen molar-refractivity contribution in [3.05, 3.63) is 85.8 Å². The van der Waals surface area contributed by atoms with Crippen LogP contribution >= 0.6 is 31.9 Å². The molecule has 5 amide bonds. The summed E-state index contributed by atoms with van der Waals surface area (Å²) in [5.41, 5.74) is 3.28. The second-order valence-corrected chi connectivity index (χ2v) is 10.5. The fraction of sp³-hybridized carbons (Fsp3) is 0.172. The zero-order chi connectivity index (χ0) is 29.0. The molecule has 11 heteroatoms. The minimum absolute atomic E-state index is 0.228. The molecule has 3 aromatic carbocycles. The van der Waals surface area contributed by atoms with Gasteiger partial charge in [-0.25, -0.2) is 9.69 Å². The Morgan fingerprint density at radius 3 is 2.33 bits per heavy atom. The van der Waals surface area contributed by atoms with E-state index in [1.165, 1.54) is 6.08 Å². The number of hydrogen-bond donors (Lipinski definition) is 2. The molecule has 9 nitrogen and oxygen atoms in total. The van der Waals surface area contributed by atoms with Gasteiger partial charge in [-0.1, -0.05) is 12.1 Å². The predicted octanol–water partition coefficient (Wildman–Crippen LogP) is 5.91. The average Bonchev–Trinajstić information content (AvgIpc) is 2.90. The lowest BCUT2D eigenvalue weighted by Crippen LogP contribution is -2.54. The Bertz CT molecular complexity index is 1510. The van der Waals surface area contributed by atoms with Crippen LogP contribution < -0.4 is 25.0 Å². The highest BCUT2D eigenvalue weighted by Crippen LogP contribution is 2.36. The van der Waals surface area contributed by atoms with Crippen LogP contribution in [0.4, 0.5) is 16.2 Å². The molecule has 1 fully saturated rings. The van der Waals surface area contributed by atoms with Crippen molar-refractivity contribution >= 4 is 73.1 Å². The Hall–Kier alpha value is -3.96. The summed E-state index contributed by atoms with van der Waals surface area (Å²) in [6.07, 6.45) is 1.37. The van der Waals surface area contributed by atoms with Crippen molar-refractivity contribution in [1.29, 1.82) is 0 Å². The normalized spacial score (nSPS) is 14.3. The molecule has 0 atom stereocenters. The van der Waals surface area contributed by atoms with E-state index in [0.717, 1.165) is 16.0 Å². The van der Waals surface area contributed by atoms with Gasteiger partial charge in [-0.3, -0.25) is 19.7 Å². The Morgan fingerprint density at radius 2 is 1.68 bits per heavy atom. The molecule has 0 bridgehead atoms. The fourth-order valence-electron chi connectivity index (χ4n) is 3.93. The van der Waals surface area contributed by atoms with E-state index in [1.807, 2.05) is 39.0 Å². The van der Waals surface area contributed by atoms with Crippen LogP contribution in [0.3, 0.4) is 0 Å². The monoisotopic (exact) mass is 669 g/mol. The van der Waals surface area contributed by atoms with Crippen LogP contribution in [0.25, 0.3) is 6.08 Å². The average molecular weight is 671 g/mol. The Balaban J connectivity index is 1.51. The number of hydrogen-bond acceptors (Lipinski definition) is 6. The third-order valence-electron chi connectivity index (χ3n) is 6.07. The van der Waals surface area contributed by atoms with Gasteiger partial charge >= 0.3 is 6.03 Å². The van der Waals surface area contributed by atoms with Crippen molar-refractivity contribution in [3.63, 3.8) is 0 Å². The summed E-state index contributed by atoms with van der Waals surface area (Å²) in [6.45, 7) is 5.96. The maximum atomic E-state index is 13.2. The summed E-state index contributed by atoms with van der Waals surface area (Å²) < 4.78 is 12.1. The Morgan fingerprint density at radius 1 is 1.00 bits per heavy atom. The fourth-order valence-corrected chi connectivity index (χ4v) is 5.38. The lowest BCUT2D eigenvalue weighted by atomic mass is 10.1. The molecule has 0 saturated carbocycles. The molecule has 40 heavy (non-hydrogen) atoms. The number of carbonyl (C=O) groups is 4. The maximum Gasteiger partial charge on any atom is 0.335 e. The standard InChI is InChI=1S/C29H25Br2N3O6/c1-4-39-20-10-8-19(9-11-20)34-28(37)21(27(36)33-29(34)38)12-18-13-22(30)26(23(31)14-18)40-15-25(35)32-24-7-5-6-16(2)17(24)3/h5-14H,4,15H2,1-3H3,(H,32,35)(H,33,36,38)/b21-12+. The van der Waals surface area contributed by atoms with E-state index < -0.39 is 17.8 Å². The molecular formula is C29H25Br2N3O6. The van der Waals surface area contributed by atoms with Gasteiger partial charge in [-0.05, 0) is 118 Å². The van der Waals surface area contributed by atoms with Crippen LogP contribution in [-0.4, -0.2) is 37.0 Å². The first-order chi connectivity index (χ1) is 19.1. The van der Waals surface area contributed by atoms with Crippen LogP contribution in [0.5, 0.6) is 11.5 Å². The first-order valence-corrected chi connectivity index (χ1v) is 13.8. The first-order valence-electron chi connectivity index (χ1n) is 12.2. The van der Waals surface area contributed by atoms with Gasteiger partial charge < -0.3 is 14.8 Å². The maximum absolute atomic E-state index is 13.2. The van der Waals surface area contributed by atoms with Crippen molar-refractivity contribution in [2.24, 2.45) is 0 Å². The predicted molar refractivity (Wildman–Crippen MR) is 158 cm³/mol. The van der Waals surface area contributed by atoms with Gasteiger partial charge in [0.25, 0.3) is 17.7 Å². The molecule has 1 heterocycles. The first kappa shape index (κ1) is 29.0. The van der Waals surface area contributed by atoms with Crippen LogP contribution in [0, 0.1) is 13.8 Å². The second-order valence-electron chi connectivity index (χ2n) is 8.78. The van der Waals surface area contributed by atoms with Crippen molar-refractivity contribution in [1.82, 2.24) is 5.32 Å². The quantitative estimate of drug-likeness (QED) is 0.228. The lowest BCUT2D eigenvalue weighted by Gasteiger charge is -2.26. The summed E-state index contributed by atoms with van der Waals surface area (Å²) in [5.74, 6) is -0.963. The van der Waals surface area contributed by atoms with E-state index >= 15 is 0 Å². The van der Waals surface area contributed by atoms with E-state index in [2.05, 4.69) is 42.5 Å². The molecule has 0 spiro atoms. The highest BCUT2D eigenvalue weighted by atomic mass is 79.9. The van der Waals surface area contributed by atoms with E-state index in [4.69, 9.17) is 9.47 Å². The number of anilines is 2. The smallest absolute Gasteiger partial charge is 0.335 e. The highest BCUT2D eigenvalue weighted by molar-refractivity contribution is 9.11. The van der Waals surface area contributed by atoms with Crippen LogP contribution in [0.1, 0.15) is 23.6 Å².